The SMILES string of the molecule is CCCCCCCCN1C(=O)c2c(c(OCCC)c3cc4cc(C)c(C)cc4cc3c2OCCC)C1=O. The first kappa shape index (κ1) is 27.0. The summed E-state index contributed by atoms with van der Waals surface area (Å²) in [4.78, 5) is 28.9. The largest absolute Gasteiger partial charge is 0.492 e. The molecule has 0 saturated heterocycles. The summed E-state index contributed by atoms with van der Waals surface area (Å²) in [5.41, 5.74) is 3.16. The van der Waals surface area contributed by atoms with Crippen molar-refractivity contribution in [2.75, 3.05) is 19.8 Å². The van der Waals surface area contributed by atoms with Crippen LogP contribution in [0.2, 0.25) is 0 Å². The molecule has 2 amide bonds. The van der Waals surface area contributed by atoms with Crippen LogP contribution in [0.15, 0.2) is 24.3 Å². The predicted molar refractivity (Wildman–Crippen MR) is 151 cm³/mol. The van der Waals surface area contributed by atoms with E-state index in [0.29, 0.717) is 42.4 Å². The summed E-state index contributed by atoms with van der Waals surface area (Å²) in [6.07, 6.45) is 8.18. The molecule has 0 atom stereocenters. The molecule has 3 aromatic rings. The number of ether oxygens (including phenoxy) is 2. The molecule has 0 radical (unpaired) electrons. The average Bonchev–Trinajstić information content (AvgIpc) is 3.13. The van der Waals surface area contributed by atoms with Crippen molar-refractivity contribution in [2.24, 2.45) is 0 Å². The number of benzene rings is 3. The highest BCUT2D eigenvalue weighted by atomic mass is 16.5. The van der Waals surface area contributed by atoms with Gasteiger partial charge in [-0.25, -0.2) is 0 Å². The third-order valence-corrected chi connectivity index (χ3v) is 7.34. The van der Waals surface area contributed by atoms with E-state index in [1.807, 2.05) is 13.8 Å². The summed E-state index contributed by atoms with van der Waals surface area (Å²) in [6.45, 7) is 11.9. The Morgan fingerprint density at radius 3 is 1.54 bits per heavy atom. The fourth-order valence-electron chi connectivity index (χ4n) is 5.18. The fraction of sp³-hybridized carbons (Fsp3) is 0.500. The van der Waals surface area contributed by atoms with E-state index >= 15 is 0 Å². The smallest absolute Gasteiger partial charge is 0.265 e. The van der Waals surface area contributed by atoms with Gasteiger partial charge in [0.15, 0.2) is 0 Å². The number of aryl methyl sites for hydroxylation is 2. The van der Waals surface area contributed by atoms with Crippen molar-refractivity contribution in [1.29, 1.82) is 0 Å². The van der Waals surface area contributed by atoms with Crippen molar-refractivity contribution < 1.29 is 19.1 Å². The molecule has 0 unspecified atom stereocenters. The van der Waals surface area contributed by atoms with E-state index in [1.165, 1.54) is 35.3 Å². The fourth-order valence-corrected chi connectivity index (χ4v) is 5.18. The Labute approximate surface area is 221 Å². The van der Waals surface area contributed by atoms with Crippen LogP contribution in [0.4, 0.5) is 0 Å². The second-order valence-electron chi connectivity index (χ2n) is 10.3. The van der Waals surface area contributed by atoms with Crippen LogP contribution in [-0.4, -0.2) is 36.5 Å². The first-order valence-corrected chi connectivity index (χ1v) is 14.1. The number of rotatable bonds is 13. The molecule has 0 bridgehead atoms. The average molecular weight is 504 g/mol. The standard InChI is InChI=1S/C32H41NO4/c1-6-9-10-11-12-13-14-33-31(34)27-28(32(33)35)30(37-16-8-3)26-20-24-18-22(5)21(4)17-23(24)19-25(26)29(27)36-15-7-2/h17-20H,6-16H2,1-5H3. The quantitative estimate of drug-likeness (QED) is 0.134. The number of fused-ring (bicyclic) bond motifs is 3. The van der Waals surface area contributed by atoms with Gasteiger partial charge in [-0.1, -0.05) is 65.0 Å². The molecule has 4 rings (SSSR count). The lowest BCUT2D eigenvalue weighted by atomic mass is 9.94. The molecule has 0 aliphatic carbocycles. The van der Waals surface area contributed by atoms with Crippen molar-refractivity contribution in [3.63, 3.8) is 0 Å². The summed E-state index contributed by atoms with van der Waals surface area (Å²) in [5.74, 6) is 0.505. The van der Waals surface area contributed by atoms with Crippen LogP contribution in [0.5, 0.6) is 11.5 Å². The lowest BCUT2D eigenvalue weighted by Crippen LogP contribution is -2.30. The van der Waals surface area contributed by atoms with Crippen molar-refractivity contribution in [1.82, 2.24) is 4.90 Å². The van der Waals surface area contributed by atoms with E-state index in [0.717, 1.165) is 53.6 Å². The normalized spacial score (nSPS) is 13.2. The first-order chi connectivity index (χ1) is 17.9. The molecule has 1 heterocycles. The maximum atomic E-state index is 13.8. The molecule has 198 valence electrons. The lowest BCUT2D eigenvalue weighted by molar-refractivity contribution is 0.0649. The molecule has 1 aliphatic heterocycles. The molecular formula is C32H41NO4. The topological polar surface area (TPSA) is 55.8 Å². The second kappa shape index (κ2) is 12.0. The molecule has 37 heavy (non-hydrogen) atoms. The third-order valence-electron chi connectivity index (χ3n) is 7.34. The third kappa shape index (κ3) is 5.32. The molecule has 5 nitrogen and oxygen atoms in total. The number of hydrogen-bond donors (Lipinski definition) is 0. The summed E-state index contributed by atoms with van der Waals surface area (Å²) in [7, 11) is 0. The van der Waals surface area contributed by atoms with Crippen LogP contribution >= 0.6 is 0 Å². The maximum Gasteiger partial charge on any atom is 0.265 e. The second-order valence-corrected chi connectivity index (χ2v) is 10.3. The van der Waals surface area contributed by atoms with E-state index in [1.54, 1.807) is 0 Å². The van der Waals surface area contributed by atoms with E-state index < -0.39 is 0 Å². The molecule has 0 saturated carbocycles. The van der Waals surface area contributed by atoms with E-state index in [9.17, 15) is 9.59 Å². The van der Waals surface area contributed by atoms with E-state index in [2.05, 4.69) is 45.0 Å². The summed E-state index contributed by atoms with van der Waals surface area (Å²) in [5, 5.41) is 3.83. The monoisotopic (exact) mass is 503 g/mol. The van der Waals surface area contributed by atoms with Crippen LogP contribution in [0.1, 0.15) is 104 Å². The minimum absolute atomic E-state index is 0.261. The number of nitrogens with zero attached hydrogens (tertiary/aromatic N) is 1. The molecule has 0 fully saturated rings. The maximum absolute atomic E-state index is 13.8. The number of hydrogen-bond acceptors (Lipinski definition) is 4. The number of imide groups is 1. The highest BCUT2D eigenvalue weighted by Gasteiger charge is 2.42. The van der Waals surface area contributed by atoms with Gasteiger partial charge in [0.05, 0.1) is 24.3 Å². The number of amides is 2. The van der Waals surface area contributed by atoms with E-state index in [4.69, 9.17) is 9.47 Å². The number of unbranched alkanes of at least 4 members (excludes halogenated alkanes) is 5. The highest BCUT2D eigenvalue weighted by Crippen LogP contribution is 2.46. The molecule has 3 aromatic carbocycles. The van der Waals surface area contributed by atoms with Crippen LogP contribution in [0.3, 0.4) is 0 Å². The molecule has 0 spiro atoms. The Morgan fingerprint density at radius 1 is 0.622 bits per heavy atom. The zero-order valence-electron chi connectivity index (χ0n) is 23.2. The van der Waals surface area contributed by atoms with Gasteiger partial charge in [0.1, 0.15) is 11.5 Å². The Kier molecular flexibility index (Phi) is 8.73. The van der Waals surface area contributed by atoms with Crippen molar-refractivity contribution in [2.45, 2.75) is 86.0 Å². The van der Waals surface area contributed by atoms with Crippen LogP contribution in [0.25, 0.3) is 21.5 Å². The lowest BCUT2D eigenvalue weighted by Gasteiger charge is -2.18. The van der Waals surface area contributed by atoms with Gasteiger partial charge in [-0.2, -0.15) is 0 Å². The Bertz CT molecular complexity index is 1220. The predicted octanol–water partition coefficient (Wildman–Crippen LogP) is 8.14. The van der Waals surface area contributed by atoms with Gasteiger partial charge in [0, 0.05) is 17.3 Å². The molecule has 0 aromatic heterocycles. The Hall–Kier alpha value is -3.08. The minimum Gasteiger partial charge on any atom is -0.492 e. The molecule has 0 N–H and O–H groups in total. The number of carbonyl (C=O) groups excluding carboxylic acids is 2. The first-order valence-electron chi connectivity index (χ1n) is 14.1. The Morgan fingerprint density at radius 2 is 1.08 bits per heavy atom. The van der Waals surface area contributed by atoms with Crippen molar-refractivity contribution in [3.05, 3.63) is 46.5 Å². The zero-order chi connectivity index (χ0) is 26.5. The van der Waals surface area contributed by atoms with Crippen LogP contribution < -0.4 is 9.47 Å². The van der Waals surface area contributed by atoms with Gasteiger partial charge in [-0.05, 0) is 67.1 Å². The van der Waals surface area contributed by atoms with Crippen molar-refractivity contribution in [3.8, 4) is 11.5 Å². The summed E-state index contributed by atoms with van der Waals surface area (Å²) < 4.78 is 12.5. The Balaban J connectivity index is 1.86. The van der Waals surface area contributed by atoms with Gasteiger partial charge in [-0.3, -0.25) is 14.5 Å². The van der Waals surface area contributed by atoms with Gasteiger partial charge >= 0.3 is 0 Å². The van der Waals surface area contributed by atoms with Gasteiger partial charge in [0.25, 0.3) is 11.8 Å². The van der Waals surface area contributed by atoms with Gasteiger partial charge < -0.3 is 9.47 Å². The zero-order valence-corrected chi connectivity index (χ0v) is 23.2. The summed E-state index contributed by atoms with van der Waals surface area (Å²) in [6, 6.07) is 8.53. The molecular weight excluding hydrogens is 462 g/mol. The number of carbonyl (C=O) groups is 2. The van der Waals surface area contributed by atoms with Gasteiger partial charge in [-0.15, -0.1) is 0 Å². The van der Waals surface area contributed by atoms with E-state index in [-0.39, 0.29) is 11.8 Å². The van der Waals surface area contributed by atoms with Crippen LogP contribution in [0, 0.1) is 13.8 Å². The van der Waals surface area contributed by atoms with Crippen molar-refractivity contribution >= 4 is 33.4 Å². The van der Waals surface area contributed by atoms with Gasteiger partial charge in [0.2, 0.25) is 0 Å². The highest BCUT2D eigenvalue weighted by molar-refractivity contribution is 6.27. The van der Waals surface area contributed by atoms with Crippen LogP contribution in [-0.2, 0) is 0 Å². The molecule has 5 heteroatoms. The molecule has 1 aliphatic rings. The minimum atomic E-state index is -0.261. The summed E-state index contributed by atoms with van der Waals surface area (Å²) >= 11 is 0.